The molecule has 94 valence electrons. The Morgan fingerprint density at radius 3 is 2.88 bits per heavy atom. The van der Waals surface area contributed by atoms with Gasteiger partial charge in [-0.05, 0) is 25.0 Å². The van der Waals surface area contributed by atoms with Gasteiger partial charge in [-0.1, -0.05) is 18.2 Å². The predicted octanol–water partition coefficient (Wildman–Crippen LogP) is 2.24. The van der Waals surface area contributed by atoms with Gasteiger partial charge in [0, 0.05) is 18.9 Å². The van der Waals surface area contributed by atoms with E-state index in [0.717, 1.165) is 25.2 Å². The largest absolute Gasteiger partial charge is 0.493 e. The molecule has 2 atom stereocenters. The SMILES string of the molecule is OC(CCOc1ccccc1)C1CCCOC1. The molecule has 1 aliphatic heterocycles. The third-order valence-corrected chi connectivity index (χ3v) is 3.17. The lowest BCUT2D eigenvalue weighted by Gasteiger charge is -2.26. The Kier molecular flexibility index (Phi) is 4.83. The minimum atomic E-state index is -0.306. The van der Waals surface area contributed by atoms with E-state index in [9.17, 15) is 5.11 Å². The maximum Gasteiger partial charge on any atom is 0.119 e. The van der Waals surface area contributed by atoms with E-state index in [4.69, 9.17) is 9.47 Å². The van der Waals surface area contributed by atoms with E-state index in [1.165, 1.54) is 0 Å². The van der Waals surface area contributed by atoms with Crippen molar-refractivity contribution in [2.45, 2.75) is 25.4 Å². The van der Waals surface area contributed by atoms with Gasteiger partial charge in [0.05, 0.1) is 19.3 Å². The number of para-hydroxylation sites is 1. The first kappa shape index (κ1) is 12.4. The van der Waals surface area contributed by atoms with Crippen LogP contribution in [0, 0.1) is 5.92 Å². The van der Waals surface area contributed by atoms with Crippen LogP contribution in [0.15, 0.2) is 30.3 Å². The molecule has 3 heteroatoms. The van der Waals surface area contributed by atoms with Crippen LogP contribution in [0.25, 0.3) is 0 Å². The summed E-state index contributed by atoms with van der Waals surface area (Å²) in [5.74, 6) is 1.14. The molecule has 2 unspecified atom stereocenters. The molecule has 1 aromatic rings. The van der Waals surface area contributed by atoms with Crippen molar-refractivity contribution in [3.63, 3.8) is 0 Å². The lowest BCUT2D eigenvalue weighted by molar-refractivity contribution is -0.0158. The van der Waals surface area contributed by atoms with E-state index >= 15 is 0 Å². The maximum absolute atomic E-state index is 9.99. The summed E-state index contributed by atoms with van der Waals surface area (Å²) in [5, 5.41) is 9.99. The van der Waals surface area contributed by atoms with E-state index in [2.05, 4.69) is 0 Å². The Labute approximate surface area is 102 Å². The van der Waals surface area contributed by atoms with Crippen molar-refractivity contribution in [2.75, 3.05) is 19.8 Å². The highest BCUT2D eigenvalue weighted by atomic mass is 16.5. The molecular formula is C14H20O3. The van der Waals surface area contributed by atoms with Crippen molar-refractivity contribution in [1.29, 1.82) is 0 Å². The predicted molar refractivity (Wildman–Crippen MR) is 66.1 cm³/mol. The molecular weight excluding hydrogens is 216 g/mol. The van der Waals surface area contributed by atoms with Crippen molar-refractivity contribution >= 4 is 0 Å². The molecule has 1 aromatic carbocycles. The Hall–Kier alpha value is -1.06. The van der Waals surface area contributed by atoms with Crippen LogP contribution < -0.4 is 4.74 Å². The van der Waals surface area contributed by atoms with Gasteiger partial charge in [0.1, 0.15) is 5.75 Å². The van der Waals surface area contributed by atoms with Crippen LogP contribution in [0.3, 0.4) is 0 Å². The Morgan fingerprint density at radius 2 is 2.18 bits per heavy atom. The summed E-state index contributed by atoms with van der Waals surface area (Å²) in [6, 6.07) is 9.70. The van der Waals surface area contributed by atoms with Crippen LogP contribution in [0.4, 0.5) is 0 Å². The van der Waals surface area contributed by atoms with Crippen molar-refractivity contribution in [3.05, 3.63) is 30.3 Å². The second-order valence-electron chi connectivity index (χ2n) is 4.49. The third kappa shape index (κ3) is 4.02. The van der Waals surface area contributed by atoms with Crippen molar-refractivity contribution in [2.24, 2.45) is 5.92 Å². The first-order chi connectivity index (χ1) is 8.36. The minimum Gasteiger partial charge on any atom is -0.493 e. The fourth-order valence-electron chi connectivity index (χ4n) is 2.12. The molecule has 0 amide bonds. The number of hydrogen-bond acceptors (Lipinski definition) is 3. The second-order valence-corrected chi connectivity index (χ2v) is 4.49. The molecule has 1 fully saturated rings. The van der Waals surface area contributed by atoms with E-state index in [0.29, 0.717) is 19.6 Å². The lowest BCUT2D eigenvalue weighted by atomic mass is 9.94. The van der Waals surface area contributed by atoms with Crippen LogP contribution in [0.5, 0.6) is 5.75 Å². The average molecular weight is 236 g/mol. The molecule has 1 heterocycles. The summed E-state index contributed by atoms with van der Waals surface area (Å²) in [7, 11) is 0. The van der Waals surface area contributed by atoms with E-state index in [1.54, 1.807) is 0 Å². The Bertz CT molecular complexity index is 307. The quantitative estimate of drug-likeness (QED) is 0.852. The molecule has 1 saturated heterocycles. The molecule has 17 heavy (non-hydrogen) atoms. The third-order valence-electron chi connectivity index (χ3n) is 3.17. The molecule has 0 spiro atoms. The van der Waals surface area contributed by atoms with Gasteiger partial charge in [-0.2, -0.15) is 0 Å². The number of benzene rings is 1. The summed E-state index contributed by atoms with van der Waals surface area (Å²) in [6.07, 6.45) is 2.48. The number of aliphatic hydroxyl groups is 1. The van der Waals surface area contributed by atoms with Gasteiger partial charge in [-0.15, -0.1) is 0 Å². The fourth-order valence-corrected chi connectivity index (χ4v) is 2.12. The molecule has 2 rings (SSSR count). The van der Waals surface area contributed by atoms with Gasteiger partial charge < -0.3 is 14.6 Å². The number of hydrogen-bond donors (Lipinski definition) is 1. The highest BCUT2D eigenvalue weighted by molar-refractivity contribution is 5.20. The van der Waals surface area contributed by atoms with Gasteiger partial charge in [0.25, 0.3) is 0 Å². The van der Waals surface area contributed by atoms with Crippen LogP contribution >= 0.6 is 0 Å². The number of rotatable bonds is 5. The van der Waals surface area contributed by atoms with E-state index in [1.807, 2.05) is 30.3 Å². The summed E-state index contributed by atoms with van der Waals surface area (Å²) < 4.78 is 10.9. The van der Waals surface area contributed by atoms with Crippen LogP contribution in [-0.4, -0.2) is 31.0 Å². The normalized spacial score (nSPS) is 22.1. The zero-order valence-corrected chi connectivity index (χ0v) is 10.0. The summed E-state index contributed by atoms with van der Waals surface area (Å²) in [5.41, 5.74) is 0. The molecule has 3 nitrogen and oxygen atoms in total. The highest BCUT2D eigenvalue weighted by Gasteiger charge is 2.21. The smallest absolute Gasteiger partial charge is 0.119 e. The van der Waals surface area contributed by atoms with E-state index in [-0.39, 0.29) is 12.0 Å². The average Bonchev–Trinajstić information content (AvgIpc) is 2.41. The Morgan fingerprint density at radius 1 is 1.35 bits per heavy atom. The molecule has 0 saturated carbocycles. The standard InChI is InChI=1S/C14H20O3/c15-14(12-5-4-9-16-11-12)8-10-17-13-6-2-1-3-7-13/h1-3,6-7,12,14-15H,4-5,8-11H2. The summed E-state index contributed by atoms with van der Waals surface area (Å²) in [6.45, 7) is 2.08. The van der Waals surface area contributed by atoms with E-state index < -0.39 is 0 Å². The fraction of sp³-hybridized carbons (Fsp3) is 0.571. The molecule has 0 aliphatic carbocycles. The molecule has 0 radical (unpaired) electrons. The van der Waals surface area contributed by atoms with Crippen molar-refractivity contribution in [3.8, 4) is 5.75 Å². The molecule has 1 aliphatic rings. The Balaban J connectivity index is 1.67. The van der Waals surface area contributed by atoms with Gasteiger partial charge in [-0.25, -0.2) is 0 Å². The second kappa shape index (κ2) is 6.62. The minimum absolute atomic E-state index is 0.281. The van der Waals surface area contributed by atoms with Gasteiger partial charge in [-0.3, -0.25) is 0 Å². The van der Waals surface area contributed by atoms with Crippen molar-refractivity contribution < 1.29 is 14.6 Å². The zero-order chi connectivity index (χ0) is 11.9. The first-order valence-corrected chi connectivity index (χ1v) is 6.30. The van der Waals surface area contributed by atoms with Crippen molar-refractivity contribution in [1.82, 2.24) is 0 Å². The monoisotopic (exact) mass is 236 g/mol. The molecule has 1 N–H and O–H groups in total. The van der Waals surface area contributed by atoms with Crippen LogP contribution in [-0.2, 0) is 4.74 Å². The summed E-state index contributed by atoms with van der Waals surface area (Å²) >= 11 is 0. The van der Waals surface area contributed by atoms with Gasteiger partial charge in [0.15, 0.2) is 0 Å². The van der Waals surface area contributed by atoms with Gasteiger partial charge >= 0.3 is 0 Å². The number of ether oxygens (including phenoxy) is 2. The maximum atomic E-state index is 9.99. The highest BCUT2D eigenvalue weighted by Crippen LogP contribution is 2.19. The van der Waals surface area contributed by atoms with Gasteiger partial charge in [0.2, 0.25) is 0 Å². The molecule has 0 aromatic heterocycles. The lowest BCUT2D eigenvalue weighted by Crippen LogP contribution is -2.30. The number of aliphatic hydroxyl groups excluding tert-OH is 1. The molecule has 0 bridgehead atoms. The zero-order valence-electron chi connectivity index (χ0n) is 10.0. The topological polar surface area (TPSA) is 38.7 Å². The first-order valence-electron chi connectivity index (χ1n) is 6.30. The van der Waals surface area contributed by atoms with Crippen LogP contribution in [0.1, 0.15) is 19.3 Å². The van der Waals surface area contributed by atoms with Crippen LogP contribution in [0.2, 0.25) is 0 Å². The summed E-state index contributed by atoms with van der Waals surface area (Å²) in [4.78, 5) is 0.